The first-order chi connectivity index (χ1) is 24.7. The second-order valence-corrected chi connectivity index (χ2v) is 13.0. The number of hydrogen-bond donors (Lipinski definition) is 3. The van der Waals surface area contributed by atoms with Crippen molar-refractivity contribution in [1.82, 2.24) is 0 Å². The third-order valence-electron chi connectivity index (χ3n) is 9.99. The second-order valence-electron chi connectivity index (χ2n) is 13.0. The molecule has 9 rings (SSSR count). The van der Waals surface area contributed by atoms with Gasteiger partial charge >= 0.3 is 5.63 Å². The SMILES string of the molecule is Cc1c2ccccc2c(-c2ccc(O)cc2O)c2ccccc12.Cc1cc(=O)oc2cc(O)c(-c3c4ccccc4c(C)c4ccccc34)cc12. The first kappa shape index (κ1) is 31.7. The number of fused-ring (bicyclic) bond motifs is 5. The Bertz CT molecular complexity index is 2790. The molecule has 1 heterocycles. The first-order valence-electron chi connectivity index (χ1n) is 16.8. The highest BCUT2D eigenvalue weighted by Crippen LogP contribution is 2.45. The van der Waals surface area contributed by atoms with Crippen LogP contribution in [0.2, 0.25) is 0 Å². The van der Waals surface area contributed by atoms with E-state index in [1.54, 1.807) is 18.2 Å². The van der Waals surface area contributed by atoms with E-state index in [0.717, 1.165) is 65.5 Å². The van der Waals surface area contributed by atoms with Crippen molar-refractivity contribution >= 4 is 54.1 Å². The van der Waals surface area contributed by atoms with Gasteiger partial charge in [0.1, 0.15) is 22.8 Å². The molecule has 0 atom stereocenters. The molecule has 0 saturated heterocycles. The van der Waals surface area contributed by atoms with Gasteiger partial charge in [0.05, 0.1) is 0 Å². The van der Waals surface area contributed by atoms with Gasteiger partial charge in [-0.2, -0.15) is 0 Å². The Labute approximate surface area is 293 Å². The van der Waals surface area contributed by atoms with E-state index in [-0.39, 0.29) is 17.2 Å². The summed E-state index contributed by atoms with van der Waals surface area (Å²) in [5.41, 5.74) is 6.72. The topological polar surface area (TPSA) is 90.9 Å². The molecule has 0 fully saturated rings. The van der Waals surface area contributed by atoms with E-state index in [2.05, 4.69) is 62.4 Å². The summed E-state index contributed by atoms with van der Waals surface area (Å²) in [6.07, 6.45) is 0. The molecule has 0 spiro atoms. The van der Waals surface area contributed by atoms with Gasteiger partial charge in [-0.15, -0.1) is 0 Å². The number of benzene rings is 8. The molecule has 0 saturated carbocycles. The summed E-state index contributed by atoms with van der Waals surface area (Å²) in [7, 11) is 0. The maximum atomic E-state index is 11.7. The third-order valence-corrected chi connectivity index (χ3v) is 9.99. The Morgan fingerprint density at radius 3 is 1.29 bits per heavy atom. The quantitative estimate of drug-likeness (QED) is 0.126. The van der Waals surface area contributed by atoms with Crippen LogP contribution < -0.4 is 5.63 Å². The number of phenolic OH excluding ortho intramolecular Hbond substituents is 3. The highest BCUT2D eigenvalue weighted by atomic mass is 16.4. The van der Waals surface area contributed by atoms with Crippen molar-refractivity contribution in [1.29, 1.82) is 0 Å². The molecular weight excluding hydrogens is 633 g/mol. The zero-order valence-corrected chi connectivity index (χ0v) is 28.4. The van der Waals surface area contributed by atoms with Crippen LogP contribution in [0.15, 0.2) is 143 Å². The predicted octanol–water partition coefficient (Wildman–Crippen LogP) is 11.5. The fourth-order valence-electron chi connectivity index (χ4n) is 7.56. The van der Waals surface area contributed by atoms with Crippen LogP contribution in [-0.4, -0.2) is 15.3 Å². The number of hydrogen-bond acceptors (Lipinski definition) is 5. The Morgan fingerprint density at radius 1 is 0.431 bits per heavy atom. The number of rotatable bonds is 2. The molecule has 0 aliphatic rings. The average Bonchev–Trinajstić information content (AvgIpc) is 3.13. The van der Waals surface area contributed by atoms with Gasteiger partial charge in [0.25, 0.3) is 0 Å². The summed E-state index contributed by atoms with van der Waals surface area (Å²) in [6, 6.07) is 42.7. The van der Waals surface area contributed by atoms with E-state index in [0.29, 0.717) is 5.58 Å². The molecule has 248 valence electrons. The second kappa shape index (κ2) is 12.4. The maximum Gasteiger partial charge on any atom is 0.336 e. The lowest BCUT2D eigenvalue weighted by Gasteiger charge is -2.16. The zero-order valence-electron chi connectivity index (χ0n) is 28.4. The third kappa shape index (κ3) is 5.31. The number of aromatic hydroxyl groups is 3. The van der Waals surface area contributed by atoms with E-state index in [4.69, 9.17) is 4.42 Å². The molecule has 5 heteroatoms. The largest absolute Gasteiger partial charge is 0.508 e. The lowest BCUT2D eigenvalue weighted by Crippen LogP contribution is -1.98. The fraction of sp³-hybridized carbons (Fsp3) is 0.0652. The van der Waals surface area contributed by atoms with Gasteiger partial charge in [0, 0.05) is 45.8 Å². The number of phenols is 3. The van der Waals surface area contributed by atoms with E-state index in [1.165, 1.54) is 34.0 Å². The minimum atomic E-state index is -0.414. The Balaban J connectivity index is 0.000000150. The van der Waals surface area contributed by atoms with Crippen LogP contribution in [0, 0.1) is 20.8 Å². The van der Waals surface area contributed by atoms with Crippen LogP contribution in [-0.2, 0) is 0 Å². The van der Waals surface area contributed by atoms with E-state index in [1.807, 2.05) is 61.5 Å². The maximum absolute atomic E-state index is 11.7. The molecule has 8 aromatic carbocycles. The van der Waals surface area contributed by atoms with Crippen LogP contribution in [0.5, 0.6) is 17.2 Å². The molecule has 0 radical (unpaired) electrons. The van der Waals surface area contributed by atoms with Gasteiger partial charge in [-0.25, -0.2) is 4.79 Å². The summed E-state index contributed by atoms with van der Waals surface area (Å²) in [5.74, 6) is 0.247. The van der Waals surface area contributed by atoms with Crippen molar-refractivity contribution in [2.75, 3.05) is 0 Å². The molecule has 9 aromatic rings. The lowest BCUT2D eigenvalue weighted by molar-refractivity contribution is 0.452. The highest BCUT2D eigenvalue weighted by Gasteiger charge is 2.18. The summed E-state index contributed by atoms with van der Waals surface area (Å²) in [5, 5.41) is 40.7. The Morgan fingerprint density at radius 2 is 0.843 bits per heavy atom. The molecule has 0 bridgehead atoms. The lowest BCUT2D eigenvalue weighted by atomic mass is 9.88. The van der Waals surface area contributed by atoms with Gasteiger partial charge in [0.2, 0.25) is 0 Å². The zero-order chi connectivity index (χ0) is 35.4. The predicted molar refractivity (Wildman–Crippen MR) is 209 cm³/mol. The van der Waals surface area contributed by atoms with Crippen LogP contribution in [0.3, 0.4) is 0 Å². The molecule has 0 aliphatic heterocycles. The summed E-state index contributed by atoms with van der Waals surface area (Å²) in [4.78, 5) is 11.7. The molecule has 0 aliphatic carbocycles. The normalized spacial score (nSPS) is 11.4. The monoisotopic (exact) mass is 666 g/mol. The van der Waals surface area contributed by atoms with Crippen LogP contribution in [0.1, 0.15) is 16.7 Å². The van der Waals surface area contributed by atoms with E-state index in [9.17, 15) is 20.1 Å². The van der Waals surface area contributed by atoms with E-state index < -0.39 is 5.63 Å². The molecule has 51 heavy (non-hydrogen) atoms. The van der Waals surface area contributed by atoms with Gasteiger partial charge in [0.15, 0.2) is 0 Å². The van der Waals surface area contributed by atoms with Crippen molar-refractivity contribution in [3.63, 3.8) is 0 Å². The van der Waals surface area contributed by atoms with Gasteiger partial charge in [-0.3, -0.25) is 0 Å². The molecule has 0 amide bonds. The van der Waals surface area contributed by atoms with Crippen LogP contribution in [0.25, 0.3) is 76.3 Å². The molecule has 5 nitrogen and oxygen atoms in total. The Kier molecular flexibility index (Phi) is 7.69. The van der Waals surface area contributed by atoms with Gasteiger partial charge in [-0.05, 0) is 98.8 Å². The van der Waals surface area contributed by atoms with Crippen molar-refractivity contribution in [3.05, 3.63) is 161 Å². The molecule has 1 aromatic heterocycles. The van der Waals surface area contributed by atoms with E-state index >= 15 is 0 Å². The number of aryl methyl sites for hydroxylation is 3. The average molecular weight is 667 g/mol. The first-order valence-corrected chi connectivity index (χ1v) is 16.8. The summed E-state index contributed by atoms with van der Waals surface area (Å²) >= 11 is 0. The van der Waals surface area contributed by atoms with Crippen LogP contribution in [0.4, 0.5) is 0 Å². The molecular formula is C46H34O5. The van der Waals surface area contributed by atoms with Crippen molar-refractivity contribution < 1.29 is 19.7 Å². The van der Waals surface area contributed by atoms with Crippen molar-refractivity contribution in [2.24, 2.45) is 0 Å². The standard InChI is InChI=1S/C25H18O3.C21H16O2/c1-14-11-24(27)28-23-13-22(26)21(12-20(14)23)25-18-9-5-3-7-16(18)15(2)17-8-4-6-10-19(17)25;1-13-15-6-2-4-8-17(15)21(18-9-5-3-7-16(13)18)19-11-10-14(22)12-20(19)23/h3-13,26H,1-2H3;2-12,22-23H,1H3. The Hall–Kier alpha value is -6.59. The molecule has 3 N–H and O–H groups in total. The smallest absolute Gasteiger partial charge is 0.336 e. The van der Waals surface area contributed by atoms with Gasteiger partial charge in [-0.1, -0.05) is 97.1 Å². The summed E-state index contributed by atoms with van der Waals surface area (Å²) < 4.78 is 5.29. The minimum Gasteiger partial charge on any atom is -0.508 e. The van der Waals surface area contributed by atoms with Crippen molar-refractivity contribution in [2.45, 2.75) is 20.8 Å². The fourth-order valence-corrected chi connectivity index (χ4v) is 7.56. The minimum absolute atomic E-state index is 0.0620. The summed E-state index contributed by atoms with van der Waals surface area (Å²) in [6.45, 7) is 6.14. The van der Waals surface area contributed by atoms with Crippen molar-refractivity contribution in [3.8, 4) is 39.5 Å². The highest BCUT2D eigenvalue weighted by molar-refractivity contribution is 6.17. The molecule has 0 unspecified atom stereocenters. The van der Waals surface area contributed by atoms with Gasteiger partial charge < -0.3 is 19.7 Å². The van der Waals surface area contributed by atoms with Crippen LogP contribution >= 0.6 is 0 Å².